The fourth-order valence-corrected chi connectivity index (χ4v) is 3.12. The maximum Gasteiger partial charge on any atom is 0.231 e. The van der Waals surface area contributed by atoms with Gasteiger partial charge in [0.15, 0.2) is 23.0 Å². The van der Waals surface area contributed by atoms with Gasteiger partial charge in [-0.1, -0.05) is 6.07 Å². The summed E-state index contributed by atoms with van der Waals surface area (Å²) in [5.41, 5.74) is 2.42. The Bertz CT molecular complexity index is 1190. The minimum atomic E-state index is 0.225. The maximum atomic E-state index is 5.48. The smallest absolute Gasteiger partial charge is 0.231 e. The van der Waals surface area contributed by atoms with Crippen molar-refractivity contribution in [3.63, 3.8) is 0 Å². The first-order chi connectivity index (χ1) is 13.7. The second kappa shape index (κ2) is 6.41. The van der Waals surface area contributed by atoms with Gasteiger partial charge >= 0.3 is 0 Å². The number of nitrogens with zero attached hydrogens (tertiary/aromatic N) is 4. The van der Waals surface area contributed by atoms with Crippen LogP contribution in [0.2, 0.25) is 0 Å². The molecule has 3 heterocycles. The molecule has 0 unspecified atom stereocenters. The summed E-state index contributed by atoms with van der Waals surface area (Å²) in [4.78, 5) is 9.44. The Morgan fingerprint density at radius 3 is 2.86 bits per heavy atom. The molecule has 4 aromatic rings. The van der Waals surface area contributed by atoms with Crippen LogP contribution in [0.25, 0.3) is 22.4 Å². The van der Waals surface area contributed by atoms with Crippen LogP contribution in [0.15, 0.2) is 48.7 Å². The lowest BCUT2D eigenvalue weighted by Gasteiger charge is -2.10. The lowest BCUT2D eigenvalue weighted by Crippen LogP contribution is -2.01. The molecular weight excluding hydrogens is 358 g/mol. The van der Waals surface area contributed by atoms with E-state index in [-0.39, 0.29) is 6.79 Å². The van der Waals surface area contributed by atoms with Crippen LogP contribution in [0.3, 0.4) is 0 Å². The molecule has 0 atom stereocenters. The molecule has 0 saturated carbocycles. The van der Waals surface area contributed by atoms with Crippen molar-refractivity contribution in [1.82, 2.24) is 19.7 Å². The van der Waals surface area contributed by atoms with E-state index in [0.717, 1.165) is 33.8 Å². The molecule has 0 amide bonds. The molecule has 8 nitrogen and oxygen atoms in total. The zero-order valence-corrected chi connectivity index (χ0v) is 15.3. The molecule has 2 aromatic carbocycles. The van der Waals surface area contributed by atoms with Crippen LogP contribution in [0.5, 0.6) is 17.2 Å². The highest BCUT2D eigenvalue weighted by Gasteiger charge is 2.17. The topological polar surface area (TPSA) is 83.3 Å². The number of fused-ring (bicyclic) bond motifs is 2. The molecule has 1 aliphatic heterocycles. The number of anilines is 2. The van der Waals surface area contributed by atoms with Gasteiger partial charge < -0.3 is 19.5 Å². The first kappa shape index (κ1) is 16.4. The fraction of sp³-hybridized carbons (Fsp3) is 0.150. The SMILES string of the molecule is COc1cccc(Nc2nc(-c3ccc4c(c3)OCO4)nc3c2cnn3C)c1. The molecular formula is C20H17N5O3. The number of benzene rings is 2. The number of hydrogen-bond donors (Lipinski definition) is 1. The largest absolute Gasteiger partial charge is 0.497 e. The molecule has 0 radical (unpaired) electrons. The van der Waals surface area contributed by atoms with Gasteiger partial charge in [-0.2, -0.15) is 5.10 Å². The van der Waals surface area contributed by atoms with Crippen molar-refractivity contribution in [2.24, 2.45) is 7.05 Å². The van der Waals surface area contributed by atoms with Crippen molar-refractivity contribution in [3.05, 3.63) is 48.7 Å². The van der Waals surface area contributed by atoms with E-state index in [4.69, 9.17) is 24.2 Å². The van der Waals surface area contributed by atoms with E-state index < -0.39 is 0 Å². The second-order valence-corrected chi connectivity index (χ2v) is 6.33. The molecule has 0 spiro atoms. The van der Waals surface area contributed by atoms with Crippen molar-refractivity contribution in [2.45, 2.75) is 0 Å². The van der Waals surface area contributed by atoms with E-state index in [1.165, 1.54) is 0 Å². The predicted molar refractivity (Wildman–Crippen MR) is 104 cm³/mol. The second-order valence-electron chi connectivity index (χ2n) is 6.33. The Labute approximate surface area is 160 Å². The number of hydrogen-bond acceptors (Lipinski definition) is 7. The fourth-order valence-electron chi connectivity index (χ4n) is 3.12. The number of aryl methyl sites for hydroxylation is 1. The van der Waals surface area contributed by atoms with E-state index in [1.807, 2.05) is 49.5 Å². The summed E-state index contributed by atoms with van der Waals surface area (Å²) in [7, 11) is 3.49. The van der Waals surface area contributed by atoms with Crippen LogP contribution < -0.4 is 19.5 Å². The molecule has 5 rings (SSSR count). The number of aromatic nitrogens is 4. The maximum absolute atomic E-state index is 5.48. The summed E-state index contributed by atoms with van der Waals surface area (Å²) in [5, 5.41) is 8.51. The zero-order valence-electron chi connectivity index (χ0n) is 15.3. The summed E-state index contributed by atoms with van der Waals surface area (Å²) >= 11 is 0. The lowest BCUT2D eigenvalue weighted by molar-refractivity contribution is 0.174. The van der Waals surface area contributed by atoms with Gasteiger partial charge in [-0.3, -0.25) is 4.68 Å². The average molecular weight is 375 g/mol. The average Bonchev–Trinajstić information content (AvgIpc) is 3.34. The van der Waals surface area contributed by atoms with Crippen LogP contribution in [0.4, 0.5) is 11.5 Å². The monoisotopic (exact) mass is 375 g/mol. The molecule has 28 heavy (non-hydrogen) atoms. The first-order valence-corrected chi connectivity index (χ1v) is 8.72. The van der Waals surface area contributed by atoms with E-state index in [9.17, 15) is 0 Å². The first-order valence-electron chi connectivity index (χ1n) is 8.72. The van der Waals surface area contributed by atoms with Crippen LogP contribution in [-0.2, 0) is 7.05 Å². The Kier molecular flexibility index (Phi) is 3.75. The summed E-state index contributed by atoms with van der Waals surface area (Å²) in [6, 6.07) is 13.3. The summed E-state index contributed by atoms with van der Waals surface area (Å²) < 4.78 is 17.9. The number of methoxy groups -OCH3 is 1. The molecule has 8 heteroatoms. The standard InChI is InChI=1S/C20H17N5O3/c1-25-20-15(10-21-25)19(22-13-4-3-5-14(9-13)26-2)23-18(24-20)12-6-7-16-17(8-12)28-11-27-16/h3-10H,11H2,1-2H3,(H,22,23,24). The predicted octanol–water partition coefficient (Wildman–Crippen LogP) is 3.51. The van der Waals surface area contributed by atoms with Crippen LogP contribution in [-0.4, -0.2) is 33.7 Å². The van der Waals surface area contributed by atoms with Gasteiger partial charge in [-0.25, -0.2) is 9.97 Å². The van der Waals surface area contributed by atoms with Gasteiger partial charge in [0.2, 0.25) is 6.79 Å². The highest BCUT2D eigenvalue weighted by Crippen LogP contribution is 2.36. The molecule has 2 aromatic heterocycles. The Morgan fingerprint density at radius 1 is 1.07 bits per heavy atom. The van der Waals surface area contributed by atoms with E-state index in [0.29, 0.717) is 17.4 Å². The van der Waals surface area contributed by atoms with Gasteiger partial charge in [-0.15, -0.1) is 0 Å². The van der Waals surface area contributed by atoms with Gasteiger partial charge in [0, 0.05) is 24.4 Å². The van der Waals surface area contributed by atoms with Crippen molar-refractivity contribution in [3.8, 4) is 28.6 Å². The van der Waals surface area contributed by atoms with Gasteiger partial charge in [-0.05, 0) is 30.3 Å². The van der Waals surface area contributed by atoms with Crippen LogP contribution in [0, 0.1) is 0 Å². The molecule has 1 aliphatic rings. The minimum absolute atomic E-state index is 0.225. The Balaban J connectivity index is 1.62. The van der Waals surface area contributed by atoms with Gasteiger partial charge in [0.25, 0.3) is 0 Å². The molecule has 0 fully saturated rings. The van der Waals surface area contributed by atoms with Crippen molar-refractivity contribution < 1.29 is 14.2 Å². The summed E-state index contributed by atoms with van der Waals surface area (Å²) in [5.74, 6) is 3.41. The highest BCUT2D eigenvalue weighted by molar-refractivity contribution is 5.90. The third-order valence-corrected chi connectivity index (χ3v) is 4.56. The van der Waals surface area contributed by atoms with E-state index in [1.54, 1.807) is 18.0 Å². The molecule has 0 aliphatic carbocycles. The minimum Gasteiger partial charge on any atom is -0.497 e. The van der Waals surface area contributed by atoms with Crippen molar-refractivity contribution in [2.75, 3.05) is 19.2 Å². The van der Waals surface area contributed by atoms with Crippen molar-refractivity contribution >= 4 is 22.5 Å². The zero-order chi connectivity index (χ0) is 19.1. The van der Waals surface area contributed by atoms with E-state index in [2.05, 4.69) is 10.4 Å². The molecule has 140 valence electrons. The molecule has 1 N–H and O–H groups in total. The third-order valence-electron chi connectivity index (χ3n) is 4.56. The quantitative estimate of drug-likeness (QED) is 0.584. The number of rotatable bonds is 4. The van der Waals surface area contributed by atoms with Gasteiger partial charge in [0.1, 0.15) is 11.6 Å². The van der Waals surface area contributed by atoms with Crippen LogP contribution >= 0.6 is 0 Å². The van der Waals surface area contributed by atoms with Crippen molar-refractivity contribution in [1.29, 1.82) is 0 Å². The normalized spacial score (nSPS) is 12.4. The van der Waals surface area contributed by atoms with Crippen LogP contribution in [0.1, 0.15) is 0 Å². The molecule has 0 bridgehead atoms. The third kappa shape index (κ3) is 2.75. The summed E-state index contributed by atoms with van der Waals surface area (Å²) in [6.45, 7) is 0.225. The summed E-state index contributed by atoms with van der Waals surface area (Å²) in [6.07, 6.45) is 1.75. The number of nitrogens with one attached hydrogen (secondary N) is 1. The molecule has 0 saturated heterocycles. The Hall–Kier alpha value is -3.81. The lowest BCUT2D eigenvalue weighted by atomic mass is 10.2. The van der Waals surface area contributed by atoms with Gasteiger partial charge in [0.05, 0.1) is 18.7 Å². The van der Waals surface area contributed by atoms with E-state index >= 15 is 0 Å². The highest BCUT2D eigenvalue weighted by atomic mass is 16.7. The Morgan fingerprint density at radius 2 is 1.96 bits per heavy atom. The number of ether oxygens (including phenoxy) is 3.